The quantitative estimate of drug-likeness (QED) is 0.849. The molecule has 1 unspecified atom stereocenters. The number of H-pyrrole nitrogens is 1. The molecule has 0 radical (unpaired) electrons. The number of sulfonamides is 1. The Labute approximate surface area is 118 Å². The third-order valence-corrected chi connectivity index (χ3v) is 4.99. The van der Waals surface area contributed by atoms with E-state index in [2.05, 4.69) is 9.97 Å². The van der Waals surface area contributed by atoms with Crippen LogP contribution in [-0.2, 0) is 14.8 Å². The molecule has 1 aliphatic rings. The van der Waals surface area contributed by atoms with Crippen molar-refractivity contribution in [1.29, 1.82) is 0 Å². The summed E-state index contributed by atoms with van der Waals surface area (Å²) in [5.41, 5.74) is -0.556. The summed E-state index contributed by atoms with van der Waals surface area (Å²) in [6.45, 7) is 5.97. The molecular weight excluding hydrogens is 290 g/mol. The molecule has 1 saturated heterocycles. The number of rotatable bonds is 3. The molecule has 108 valence electrons. The zero-order chi connectivity index (χ0) is 14.3. The Balaban J connectivity index is 2.29. The van der Waals surface area contributed by atoms with Gasteiger partial charge >= 0.3 is 0 Å². The summed E-state index contributed by atoms with van der Waals surface area (Å²) in [5.74, 6) is 0.831. The summed E-state index contributed by atoms with van der Waals surface area (Å²) in [5, 5.41) is 0.107. The zero-order valence-corrected chi connectivity index (χ0v) is 12.8. The highest BCUT2D eigenvalue weighted by atomic mass is 35.5. The van der Waals surface area contributed by atoms with Crippen LogP contribution in [-0.4, -0.2) is 53.4 Å². The molecule has 1 aromatic heterocycles. The summed E-state index contributed by atoms with van der Waals surface area (Å²) in [4.78, 5) is 6.69. The number of hydrogen-bond donors (Lipinski definition) is 1. The van der Waals surface area contributed by atoms with Gasteiger partial charge in [0.15, 0.2) is 5.03 Å². The number of nitrogens with one attached hydrogen (secondary N) is 1. The van der Waals surface area contributed by atoms with Gasteiger partial charge in [-0.3, -0.25) is 0 Å². The lowest BCUT2D eigenvalue weighted by atomic mass is 10.1. The lowest BCUT2D eigenvalue weighted by Gasteiger charge is -2.41. The molecule has 6 nitrogen and oxygen atoms in total. The molecule has 2 heterocycles. The number of hydrogen-bond acceptors (Lipinski definition) is 4. The van der Waals surface area contributed by atoms with Crippen LogP contribution in [0.3, 0.4) is 0 Å². The van der Waals surface area contributed by atoms with Crippen molar-refractivity contribution in [3.8, 4) is 0 Å². The van der Waals surface area contributed by atoms with Crippen molar-refractivity contribution in [2.45, 2.75) is 37.5 Å². The molecule has 1 atom stereocenters. The van der Waals surface area contributed by atoms with Crippen molar-refractivity contribution in [2.24, 2.45) is 0 Å². The van der Waals surface area contributed by atoms with E-state index in [1.807, 2.05) is 13.8 Å². The third-order valence-electron chi connectivity index (χ3n) is 2.92. The van der Waals surface area contributed by atoms with Crippen LogP contribution >= 0.6 is 11.6 Å². The Morgan fingerprint density at radius 3 is 2.84 bits per heavy atom. The summed E-state index contributed by atoms with van der Waals surface area (Å²) in [7, 11) is -3.58. The van der Waals surface area contributed by atoms with Crippen LogP contribution in [0.5, 0.6) is 0 Å². The Kier molecular flexibility index (Phi) is 3.92. The molecule has 1 N–H and O–H groups in total. The van der Waals surface area contributed by atoms with Gasteiger partial charge in [-0.15, -0.1) is 11.6 Å². The highest BCUT2D eigenvalue weighted by Gasteiger charge is 2.39. The molecule has 1 aromatic rings. The van der Waals surface area contributed by atoms with Gasteiger partial charge in [0.25, 0.3) is 10.0 Å². The van der Waals surface area contributed by atoms with Gasteiger partial charge in [0.2, 0.25) is 0 Å². The number of halogens is 1. The molecule has 19 heavy (non-hydrogen) atoms. The second-order valence-electron chi connectivity index (χ2n) is 5.28. The highest BCUT2D eigenvalue weighted by Crippen LogP contribution is 2.26. The van der Waals surface area contributed by atoms with Crippen LogP contribution in [0.2, 0.25) is 0 Å². The minimum Gasteiger partial charge on any atom is -0.368 e. The summed E-state index contributed by atoms with van der Waals surface area (Å²) < 4.78 is 32.1. The predicted molar refractivity (Wildman–Crippen MR) is 71.8 cm³/mol. The van der Waals surface area contributed by atoms with E-state index in [4.69, 9.17) is 16.3 Å². The van der Waals surface area contributed by atoms with Crippen molar-refractivity contribution in [1.82, 2.24) is 14.3 Å². The predicted octanol–water partition coefficient (Wildman–Crippen LogP) is 1.13. The van der Waals surface area contributed by atoms with E-state index in [0.29, 0.717) is 12.4 Å². The van der Waals surface area contributed by atoms with Gasteiger partial charge in [-0.05, 0) is 20.8 Å². The first-order valence-corrected chi connectivity index (χ1v) is 7.97. The molecule has 0 spiro atoms. The zero-order valence-electron chi connectivity index (χ0n) is 11.2. The number of aromatic nitrogens is 2. The van der Waals surface area contributed by atoms with Crippen LogP contribution in [0.25, 0.3) is 0 Å². The standard InChI is InChI=1S/C11H18ClN3O3S/c1-8-13-5-10(14-8)19(16,17)15-6-9(4-12)18-11(2,3)7-15/h5,9H,4,6-7H2,1-3H3,(H,13,14). The number of aryl methyl sites for hydroxylation is 1. The molecule has 0 bridgehead atoms. The first-order chi connectivity index (χ1) is 8.74. The number of aromatic amines is 1. The third kappa shape index (κ3) is 3.10. The van der Waals surface area contributed by atoms with E-state index in [-0.39, 0.29) is 23.6 Å². The maximum absolute atomic E-state index is 12.5. The molecule has 0 saturated carbocycles. The van der Waals surface area contributed by atoms with E-state index in [1.54, 1.807) is 6.92 Å². The first-order valence-electron chi connectivity index (χ1n) is 6.00. The molecular formula is C11H18ClN3O3S. The number of alkyl halides is 1. The number of morpholine rings is 1. The summed E-state index contributed by atoms with van der Waals surface area (Å²) >= 11 is 5.81. The van der Waals surface area contributed by atoms with Gasteiger partial charge in [0.1, 0.15) is 5.82 Å². The van der Waals surface area contributed by atoms with Crippen molar-refractivity contribution in [3.05, 3.63) is 12.0 Å². The average molecular weight is 308 g/mol. The van der Waals surface area contributed by atoms with Crippen LogP contribution in [0.4, 0.5) is 0 Å². The largest absolute Gasteiger partial charge is 0.368 e. The maximum atomic E-state index is 12.5. The fourth-order valence-corrected chi connectivity index (χ4v) is 3.92. The maximum Gasteiger partial charge on any atom is 0.260 e. The minimum atomic E-state index is -3.58. The minimum absolute atomic E-state index is 0.107. The Morgan fingerprint density at radius 1 is 1.63 bits per heavy atom. The van der Waals surface area contributed by atoms with Crippen LogP contribution in [0, 0.1) is 6.92 Å². The SMILES string of the molecule is Cc1ncc(S(=O)(=O)N2CC(CCl)OC(C)(C)C2)[nH]1. The molecule has 1 aliphatic heterocycles. The van der Waals surface area contributed by atoms with Crippen LogP contribution in [0.1, 0.15) is 19.7 Å². The van der Waals surface area contributed by atoms with Crippen molar-refractivity contribution < 1.29 is 13.2 Å². The van der Waals surface area contributed by atoms with E-state index < -0.39 is 15.6 Å². The highest BCUT2D eigenvalue weighted by molar-refractivity contribution is 7.89. The van der Waals surface area contributed by atoms with Crippen molar-refractivity contribution in [2.75, 3.05) is 19.0 Å². The monoisotopic (exact) mass is 307 g/mol. The normalized spacial score (nSPS) is 24.5. The van der Waals surface area contributed by atoms with Crippen molar-refractivity contribution in [3.63, 3.8) is 0 Å². The second kappa shape index (κ2) is 5.05. The number of ether oxygens (including phenoxy) is 1. The topological polar surface area (TPSA) is 75.3 Å². The fourth-order valence-electron chi connectivity index (χ4n) is 2.17. The van der Waals surface area contributed by atoms with Crippen LogP contribution in [0.15, 0.2) is 11.2 Å². The second-order valence-corrected chi connectivity index (χ2v) is 7.50. The van der Waals surface area contributed by atoms with Crippen LogP contribution < -0.4 is 0 Å². The Bertz CT molecular complexity index is 555. The van der Waals surface area contributed by atoms with Gasteiger partial charge in [-0.25, -0.2) is 13.4 Å². The first kappa shape index (κ1) is 14.8. The molecule has 8 heteroatoms. The smallest absolute Gasteiger partial charge is 0.260 e. The molecule has 0 aliphatic carbocycles. The lowest BCUT2D eigenvalue weighted by Crippen LogP contribution is -2.55. The molecule has 0 aromatic carbocycles. The van der Waals surface area contributed by atoms with Gasteiger partial charge in [-0.1, -0.05) is 0 Å². The van der Waals surface area contributed by atoms with E-state index in [0.717, 1.165) is 0 Å². The average Bonchev–Trinajstić information content (AvgIpc) is 2.74. The Hall–Kier alpha value is -0.630. The van der Waals surface area contributed by atoms with E-state index in [1.165, 1.54) is 10.5 Å². The van der Waals surface area contributed by atoms with Crippen molar-refractivity contribution >= 4 is 21.6 Å². The summed E-state index contributed by atoms with van der Waals surface area (Å²) in [6.07, 6.45) is 1.03. The van der Waals surface area contributed by atoms with Gasteiger partial charge in [0.05, 0.1) is 17.9 Å². The summed E-state index contributed by atoms with van der Waals surface area (Å²) in [6, 6.07) is 0. The Morgan fingerprint density at radius 2 is 2.32 bits per heavy atom. The fraction of sp³-hybridized carbons (Fsp3) is 0.727. The van der Waals surface area contributed by atoms with Gasteiger partial charge < -0.3 is 9.72 Å². The van der Waals surface area contributed by atoms with Gasteiger partial charge in [0, 0.05) is 19.0 Å². The lowest BCUT2D eigenvalue weighted by molar-refractivity contribution is -0.107. The molecule has 2 rings (SSSR count). The number of imidazole rings is 1. The van der Waals surface area contributed by atoms with Gasteiger partial charge in [-0.2, -0.15) is 4.31 Å². The molecule has 0 amide bonds. The van der Waals surface area contributed by atoms with E-state index in [9.17, 15) is 8.42 Å². The molecule has 1 fully saturated rings. The van der Waals surface area contributed by atoms with E-state index >= 15 is 0 Å². The number of nitrogens with zero attached hydrogens (tertiary/aromatic N) is 2.